The fourth-order valence-electron chi connectivity index (χ4n) is 2.24. The average molecular weight is 308 g/mol. The van der Waals surface area contributed by atoms with E-state index in [0.717, 1.165) is 6.42 Å². The first-order chi connectivity index (χ1) is 9.33. The van der Waals surface area contributed by atoms with Crippen molar-refractivity contribution < 1.29 is 22.8 Å². The number of carbonyl (C=O) groups excluding carboxylic acids is 1. The summed E-state index contributed by atoms with van der Waals surface area (Å²) in [7, 11) is 0. The molecular formula is C13H13ClF3NO2. The van der Waals surface area contributed by atoms with Crippen molar-refractivity contribution in [2.24, 2.45) is 0 Å². The molecule has 0 atom stereocenters. The van der Waals surface area contributed by atoms with Crippen molar-refractivity contribution in [3.05, 3.63) is 34.9 Å². The predicted octanol–water partition coefficient (Wildman–Crippen LogP) is 3.37. The van der Waals surface area contributed by atoms with Gasteiger partial charge in [-0.3, -0.25) is 9.63 Å². The van der Waals surface area contributed by atoms with Crippen LogP contribution in [0, 0.1) is 0 Å². The summed E-state index contributed by atoms with van der Waals surface area (Å²) in [6.45, 7) is -1.51. The van der Waals surface area contributed by atoms with Gasteiger partial charge in [-0.2, -0.15) is 13.2 Å². The molecule has 1 aromatic carbocycles. The van der Waals surface area contributed by atoms with E-state index in [1.165, 1.54) is 0 Å². The van der Waals surface area contributed by atoms with Gasteiger partial charge in [0.15, 0.2) is 6.61 Å². The number of benzene rings is 1. The Balaban J connectivity index is 2.06. The summed E-state index contributed by atoms with van der Waals surface area (Å²) in [6, 6.07) is 6.79. The highest BCUT2D eigenvalue weighted by Gasteiger charge is 2.46. The highest BCUT2D eigenvalue weighted by molar-refractivity contribution is 6.30. The Kier molecular flexibility index (Phi) is 4.25. The van der Waals surface area contributed by atoms with Crippen molar-refractivity contribution in [3.63, 3.8) is 0 Å². The quantitative estimate of drug-likeness (QED) is 0.866. The van der Waals surface area contributed by atoms with Crippen LogP contribution in [0.25, 0.3) is 0 Å². The van der Waals surface area contributed by atoms with Crippen LogP contribution in [0.4, 0.5) is 13.2 Å². The van der Waals surface area contributed by atoms with Crippen LogP contribution in [-0.2, 0) is 15.0 Å². The van der Waals surface area contributed by atoms with Crippen LogP contribution in [0.3, 0.4) is 0 Å². The third kappa shape index (κ3) is 3.24. The maximum Gasteiger partial charge on any atom is 0.414 e. The number of hydrogen-bond acceptors (Lipinski definition) is 2. The fraction of sp³-hybridized carbons (Fsp3) is 0.462. The van der Waals surface area contributed by atoms with Crippen LogP contribution < -0.4 is 5.48 Å². The molecule has 1 amide bonds. The molecule has 0 radical (unpaired) electrons. The lowest BCUT2D eigenvalue weighted by Crippen LogP contribution is -2.49. The third-order valence-corrected chi connectivity index (χ3v) is 3.65. The second-order valence-electron chi connectivity index (χ2n) is 4.78. The molecule has 3 nitrogen and oxygen atoms in total. The van der Waals surface area contributed by atoms with Crippen LogP contribution in [0.15, 0.2) is 24.3 Å². The first kappa shape index (κ1) is 15.1. The maximum absolute atomic E-state index is 12.1. The lowest BCUT2D eigenvalue weighted by Gasteiger charge is -2.40. The van der Waals surface area contributed by atoms with Gasteiger partial charge in [-0.05, 0) is 30.5 Å². The van der Waals surface area contributed by atoms with Gasteiger partial charge in [0.2, 0.25) is 0 Å². The Morgan fingerprint density at radius 2 is 2.10 bits per heavy atom. The molecule has 0 aromatic heterocycles. The van der Waals surface area contributed by atoms with Crippen LogP contribution in [-0.4, -0.2) is 18.7 Å². The minimum atomic E-state index is -4.48. The molecule has 1 aliphatic carbocycles. The number of amides is 1. The third-order valence-electron chi connectivity index (χ3n) is 3.42. The van der Waals surface area contributed by atoms with Gasteiger partial charge < -0.3 is 0 Å². The van der Waals surface area contributed by atoms with Crippen molar-refractivity contribution >= 4 is 17.5 Å². The highest BCUT2D eigenvalue weighted by atomic mass is 35.5. The zero-order valence-electron chi connectivity index (χ0n) is 10.5. The lowest BCUT2D eigenvalue weighted by molar-refractivity contribution is -0.194. The summed E-state index contributed by atoms with van der Waals surface area (Å²) in [4.78, 5) is 16.3. The molecule has 1 aliphatic rings. The molecule has 2 rings (SSSR count). The minimum absolute atomic E-state index is 0.484. The second kappa shape index (κ2) is 5.61. The average Bonchev–Trinajstić information content (AvgIpc) is 2.25. The van der Waals surface area contributed by atoms with E-state index in [-0.39, 0.29) is 0 Å². The molecule has 1 aromatic rings. The van der Waals surface area contributed by atoms with Gasteiger partial charge in [0.05, 0.1) is 5.41 Å². The number of alkyl halides is 3. The van der Waals surface area contributed by atoms with Crippen molar-refractivity contribution in [1.29, 1.82) is 0 Å². The summed E-state index contributed by atoms with van der Waals surface area (Å²) in [5.74, 6) is -0.560. The van der Waals surface area contributed by atoms with E-state index in [9.17, 15) is 18.0 Å². The molecule has 0 unspecified atom stereocenters. The monoisotopic (exact) mass is 307 g/mol. The van der Waals surface area contributed by atoms with Crippen LogP contribution in [0.1, 0.15) is 24.8 Å². The van der Waals surface area contributed by atoms with Crippen molar-refractivity contribution in [2.45, 2.75) is 30.9 Å². The number of hydrogen-bond donors (Lipinski definition) is 1. The van der Waals surface area contributed by atoms with Gasteiger partial charge in [-0.25, -0.2) is 5.48 Å². The van der Waals surface area contributed by atoms with Crippen LogP contribution in [0.5, 0.6) is 0 Å². The summed E-state index contributed by atoms with van der Waals surface area (Å²) in [5.41, 5.74) is 1.76. The van der Waals surface area contributed by atoms with Gasteiger partial charge in [0, 0.05) is 5.02 Å². The normalized spacial score (nSPS) is 17.4. The van der Waals surface area contributed by atoms with E-state index in [1.54, 1.807) is 24.3 Å². The predicted molar refractivity (Wildman–Crippen MR) is 67.1 cm³/mol. The molecule has 7 heteroatoms. The summed E-state index contributed by atoms with van der Waals surface area (Å²) in [6.07, 6.45) is -2.52. The molecule has 1 fully saturated rings. The number of nitrogens with one attached hydrogen (secondary N) is 1. The molecule has 0 heterocycles. The van der Waals surface area contributed by atoms with Crippen molar-refractivity contribution in [1.82, 2.24) is 5.48 Å². The smallest absolute Gasteiger partial charge is 0.272 e. The Hall–Kier alpha value is -1.27. The zero-order valence-corrected chi connectivity index (χ0v) is 11.2. The molecular weight excluding hydrogens is 295 g/mol. The summed E-state index contributed by atoms with van der Waals surface area (Å²) < 4.78 is 35.9. The van der Waals surface area contributed by atoms with E-state index in [1.807, 2.05) is 5.48 Å². The van der Waals surface area contributed by atoms with Crippen molar-refractivity contribution in [2.75, 3.05) is 6.61 Å². The Labute approximate surface area is 119 Å². The standard InChI is InChI=1S/C13H13ClF3NO2/c14-10-4-1-3-9(7-10)12(5-2-6-12)11(19)18-20-8-13(15,16)17/h1,3-4,7H,2,5-6,8H2,(H,18,19). The largest absolute Gasteiger partial charge is 0.414 e. The van der Waals surface area contributed by atoms with E-state index in [2.05, 4.69) is 4.84 Å². The van der Waals surface area contributed by atoms with E-state index >= 15 is 0 Å². The van der Waals surface area contributed by atoms with Crippen LogP contribution in [0.2, 0.25) is 5.02 Å². The molecule has 1 saturated carbocycles. The summed E-state index contributed by atoms with van der Waals surface area (Å²) in [5, 5.41) is 0.484. The fourth-order valence-corrected chi connectivity index (χ4v) is 2.43. The van der Waals surface area contributed by atoms with Gasteiger partial charge in [-0.1, -0.05) is 30.2 Å². The molecule has 0 spiro atoms. The first-order valence-corrected chi connectivity index (χ1v) is 6.46. The molecule has 0 saturated heterocycles. The first-order valence-electron chi connectivity index (χ1n) is 6.08. The van der Waals surface area contributed by atoms with E-state index < -0.39 is 24.1 Å². The van der Waals surface area contributed by atoms with Gasteiger partial charge in [-0.15, -0.1) is 0 Å². The second-order valence-corrected chi connectivity index (χ2v) is 5.22. The molecule has 0 aliphatic heterocycles. The lowest BCUT2D eigenvalue weighted by atomic mass is 9.64. The summed E-state index contributed by atoms with van der Waals surface area (Å²) >= 11 is 5.89. The van der Waals surface area contributed by atoms with E-state index in [4.69, 9.17) is 11.6 Å². The molecule has 0 bridgehead atoms. The number of rotatable bonds is 4. The van der Waals surface area contributed by atoms with Gasteiger partial charge in [0.25, 0.3) is 5.91 Å². The Morgan fingerprint density at radius 1 is 1.40 bits per heavy atom. The minimum Gasteiger partial charge on any atom is -0.272 e. The molecule has 110 valence electrons. The molecule has 20 heavy (non-hydrogen) atoms. The number of carbonyl (C=O) groups is 1. The zero-order chi connectivity index (χ0) is 14.8. The maximum atomic E-state index is 12.1. The van der Waals surface area contributed by atoms with E-state index in [0.29, 0.717) is 23.4 Å². The van der Waals surface area contributed by atoms with Gasteiger partial charge in [0.1, 0.15) is 0 Å². The van der Waals surface area contributed by atoms with Crippen molar-refractivity contribution in [3.8, 4) is 0 Å². The highest BCUT2D eigenvalue weighted by Crippen LogP contribution is 2.44. The number of hydroxylamine groups is 1. The number of halogens is 4. The Morgan fingerprint density at radius 3 is 2.60 bits per heavy atom. The SMILES string of the molecule is O=C(NOCC(F)(F)F)C1(c2cccc(Cl)c2)CCC1. The van der Waals surface area contributed by atoms with Gasteiger partial charge >= 0.3 is 6.18 Å². The molecule has 1 N–H and O–H groups in total. The Bertz CT molecular complexity index is 501. The van der Waals surface area contributed by atoms with Crippen LogP contribution >= 0.6 is 11.6 Å². The topological polar surface area (TPSA) is 38.3 Å².